The number of carbonyl (C=O) groups excluding carboxylic acids is 1. The predicted octanol–water partition coefficient (Wildman–Crippen LogP) is 2.32. The van der Waals surface area contributed by atoms with Crippen LogP contribution >= 0.6 is 0 Å². The third-order valence-electron chi connectivity index (χ3n) is 4.63. The third-order valence-corrected chi connectivity index (χ3v) is 4.63. The lowest BCUT2D eigenvalue weighted by molar-refractivity contribution is -0.0811. The van der Waals surface area contributed by atoms with Crippen molar-refractivity contribution in [2.75, 3.05) is 33.9 Å². The predicted molar refractivity (Wildman–Crippen MR) is 101 cm³/mol. The van der Waals surface area contributed by atoms with Crippen LogP contribution in [0.15, 0.2) is 54.6 Å². The second kappa shape index (κ2) is 8.45. The number of rotatable bonds is 5. The maximum atomic E-state index is 13.2. The molecule has 0 bridgehead atoms. The van der Waals surface area contributed by atoms with Crippen LogP contribution in [0.2, 0.25) is 0 Å². The fourth-order valence-corrected chi connectivity index (χ4v) is 3.44. The van der Waals surface area contributed by atoms with E-state index in [1.165, 1.54) is 5.56 Å². The van der Waals surface area contributed by atoms with E-state index in [0.717, 1.165) is 12.1 Å². The SMILES string of the molecule is CN(C)Cc1ccc(C(=O)N2CCO[C@H](CO)[C@H]2c2ccccc2)cc1. The van der Waals surface area contributed by atoms with Gasteiger partial charge in [0.25, 0.3) is 5.91 Å². The van der Waals surface area contributed by atoms with Gasteiger partial charge in [0.05, 0.1) is 19.3 Å². The first-order valence-electron chi connectivity index (χ1n) is 8.92. The van der Waals surface area contributed by atoms with Crippen molar-refractivity contribution in [3.8, 4) is 0 Å². The first-order valence-corrected chi connectivity index (χ1v) is 8.92. The Morgan fingerprint density at radius 1 is 1.15 bits per heavy atom. The Hall–Kier alpha value is -2.21. The molecule has 138 valence electrons. The van der Waals surface area contributed by atoms with Gasteiger partial charge < -0.3 is 19.6 Å². The Bertz CT molecular complexity index is 716. The van der Waals surface area contributed by atoms with Gasteiger partial charge in [-0.2, -0.15) is 0 Å². The first kappa shape index (κ1) is 18.6. The van der Waals surface area contributed by atoms with E-state index >= 15 is 0 Å². The number of aliphatic hydroxyl groups excluding tert-OH is 1. The number of aliphatic hydroxyl groups is 1. The lowest BCUT2D eigenvalue weighted by Crippen LogP contribution is -2.49. The summed E-state index contributed by atoms with van der Waals surface area (Å²) in [6.45, 7) is 1.66. The van der Waals surface area contributed by atoms with E-state index in [4.69, 9.17) is 4.74 Å². The maximum Gasteiger partial charge on any atom is 0.254 e. The Labute approximate surface area is 154 Å². The number of nitrogens with zero attached hydrogens (tertiary/aromatic N) is 2. The molecule has 0 aromatic heterocycles. The number of hydrogen-bond donors (Lipinski definition) is 1. The highest BCUT2D eigenvalue weighted by atomic mass is 16.5. The Kier molecular flexibility index (Phi) is 6.04. The average molecular weight is 354 g/mol. The molecule has 26 heavy (non-hydrogen) atoms. The largest absolute Gasteiger partial charge is 0.394 e. The standard InChI is InChI=1S/C21H26N2O3/c1-22(2)14-16-8-10-18(11-9-16)21(25)23-12-13-26-19(15-24)20(23)17-6-4-3-5-7-17/h3-11,19-20,24H,12-15H2,1-2H3/t19-,20-/m1/s1. The van der Waals surface area contributed by atoms with Crippen LogP contribution in [-0.2, 0) is 11.3 Å². The average Bonchev–Trinajstić information content (AvgIpc) is 2.67. The molecule has 2 aromatic rings. The second-order valence-electron chi connectivity index (χ2n) is 6.88. The van der Waals surface area contributed by atoms with E-state index in [2.05, 4.69) is 4.90 Å². The monoisotopic (exact) mass is 354 g/mol. The van der Waals surface area contributed by atoms with Gasteiger partial charge in [-0.05, 0) is 37.4 Å². The van der Waals surface area contributed by atoms with Gasteiger partial charge in [0.2, 0.25) is 0 Å². The molecular formula is C21H26N2O3. The highest BCUT2D eigenvalue weighted by molar-refractivity contribution is 5.94. The quantitative estimate of drug-likeness (QED) is 0.895. The molecule has 0 saturated carbocycles. The molecule has 1 amide bonds. The molecule has 1 aliphatic rings. The van der Waals surface area contributed by atoms with Crippen LogP contribution in [0, 0.1) is 0 Å². The van der Waals surface area contributed by atoms with Crippen LogP contribution < -0.4 is 0 Å². The molecule has 1 fully saturated rings. The normalized spacial score (nSPS) is 20.4. The van der Waals surface area contributed by atoms with Crippen molar-refractivity contribution in [1.82, 2.24) is 9.80 Å². The zero-order valence-electron chi connectivity index (χ0n) is 15.3. The molecule has 0 aliphatic carbocycles. The lowest BCUT2D eigenvalue weighted by atomic mass is 9.97. The van der Waals surface area contributed by atoms with Gasteiger partial charge >= 0.3 is 0 Å². The van der Waals surface area contributed by atoms with Crippen molar-refractivity contribution in [3.63, 3.8) is 0 Å². The summed E-state index contributed by atoms with van der Waals surface area (Å²) in [7, 11) is 4.04. The molecule has 1 N–H and O–H groups in total. The van der Waals surface area contributed by atoms with E-state index in [9.17, 15) is 9.90 Å². The van der Waals surface area contributed by atoms with E-state index in [1.807, 2.05) is 73.6 Å². The first-order chi connectivity index (χ1) is 12.6. The van der Waals surface area contributed by atoms with Gasteiger partial charge in [-0.15, -0.1) is 0 Å². The third kappa shape index (κ3) is 4.12. The fraction of sp³-hybridized carbons (Fsp3) is 0.381. The number of morpholine rings is 1. The summed E-state index contributed by atoms with van der Waals surface area (Å²) >= 11 is 0. The summed E-state index contributed by atoms with van der Waals surface area (Å²) in [5.74, 6) is -0.0305. The second-order valence-corrected chi connectivity index (χ2v) is 6.88. The van der Waals surface area contributed by atoms with Crippen molar-refractivity contribution >= 4 is 5.91 Å². The van der Waals surface area contributed by atoms with Crippen molar-refractivity contribution < 1.29 is 14.6 Å². The molecule has 3 rings (SSSR count). The molecule has 5 heteroatoms. The molecule has 5 nitrogen and oxygen atoms in total. The van der Waals surface area contributed by atoms with Crippen LogP contribution in [0.5, 0.6) is 0 Å². The van der Waals surface area contributed by atoms with E-state index in [0.29, 0.717) is 18.7 Å². The van der Waals surface area contributed by atoms with Crippen LogP contribution in [0.1, 0.15) is 27.5 Å². The van der Waals surface area contributed by atoms with Gasteiger partial charge in [0, 0.05) is 18.7 Å². The Morgan fingerprint density at radius 2 is 1.85 bits per heavy atom. The molecular weight excluding hydrogens is 328 g/mol. The van der Waals surface area contributed by atoms with Crippen molar-refractivity contribution in [2.45, 2.75) is 18.7 Å². The summed E-state index contributed by atoms with van der Waals surface area (Å²) in [6, 6.07) is 17.2. The summed E-state index contributed by atoms with van der Waals surface area (Å²) in [4.78, 5) is 17.1. The maximum absolute atomic E-state index is 13.2. The number of hydrogen-bond acceptors (Lipinski definition) is 4. The molecule has 2 atom stereocenters. The molecule has 0 radical (unpaired) electrons. The van der Waals surface area contributed by atoms with E-state index in [-0.39, 0.29) is 18.6 Å². The van der Waals surface area contributed by atoms with Gasteiger partial charge in [0.1, 0.15) is 6.10 Å². The zero-order chi connectivity index (χ0) is 18.5. The highest BCUT2D eigenvalue weighted by Gasteiger charge is 2.36. The van der Waals surface area contributed by atoms with Gasteiger partial charge in [-0.25, -0.2) is 0 Å². The topological polar surface area (TPSA) is 53.0 Å². The summed E-state index contributed by atoms with van der Waals surface area (Å²) in [6.07, 6.45) is -0.414. The van der Waals surface area contributed by atoms with Crippen molar-refractivity contribution in [2.24, 2.45) is 0 Å². The summed E-state index contributed by atoms with van der Waals surface area (Å²) < 4.78 is 5.72. The van der Waals surface area contributed by atoms with Crippen molar-refractivity contribution in [1.29, 1.82) is 0 Å². The van der Waals surface area contributed by atoms with Gasteiger partial charge in [0.15, 0.2) is 0 Å². The number of ether oxygens (including phenoxy) is 1. The minimum absolute atomic E-state index is 0.0305. The van der Waals surface area contributed by atoms with Crippen LogP contribution in [0.3, 0.4) is 0 Å². The summed E-state index contributed by atoms with van der Waals surface area (Å²) in [5, 5.41) is 9.75. The lowest BCUT2D eigenvalue weighted by Gasteiger charge is -2.41. The van der Waals surface area contributed by atoms with Crippen LogP contribution in [0.25, 0.3) is 0 Å². The zero-order valence-corrected chi connectivity index (χ0v) is 15.3. The minimum atomic E-state index is -0.414. The number of amides is 1. The smallest absolute Gasteiger partial charge is 0.254 e. The molecule has 1 aliphatic heterocycles. The molecule has 1 heterocycles. The fourth-order valence-electron chi connectivity index (χ4n) is 3.44. The number of benzene rings is 2. The Morgan fingerprint density at radius 3 is 2.46 bits per heavy atom. The molecule has 0 unspecified atom stereocenters. The van der Waals surface area contributed by atoms with Crippen LogP contribution in [0.4, 0.5) is 0 Å². The van der Waals surface area contributed by atoms with E-state index < -0.39 is 6.10 Å². The molecule has 1 saturated heterocycles. The molecule has 0 spiro atoms. The van der Waals surface area contributed by atoms with Gasteiger partial charge in [-0.1, -0.05) is 42.5 Å². The number of carbonyl (C=O) groups is 1. The van der Waals surface area contributed by atoms with E-state index in [1.54, 1.807) is 0 Å². The molecule has 2 aromatic carbocycles. The highest BCUT2D eigenvalue weighted by Crippen LogP contribution is 2.30. The van der Waals surface area contributed by atoms with Crippen molar-refractivity contribution in [3.05, 3.63) is 71.3 Å². The van der Waals surface area contributed by atoms with Gasteiger partial charge in [-0.3, -0.25) is 4.79 Å². The summed E-state index contributed by atoms with van der Waals surface area (Å²) in [5.41, 5.74) is 2.80. The van der Waals surface area contributed by atoms with Crippen LogP contribution in [-0.4, -0.2) is 60.8 Å². The Balaban J connectivity index is 1.86. The minimum Gasteiger partial charge on any atom is -0.394 e.